The number of aromatic carboxylic acids is 1. The molecule has 0 aliphatic rings. The number of carboxylic acid groups (broad SMARTS) is 1. The van der Waals surface area contributed by atoms with Gasteiger partial charge in [-0.1, -0.05) is 36.4 Å². The summed E-state index contributed by atoms with van der Waals surface area (Å²) >= 11 is 3.59. The smallest absolute Gasteiger partial charge is 0.335 e. The van der Waals surface area contributed by atoms with Crippen LogP contribution in [0, 0.1) is 0 Å². The molecule has 3 rings (SSSR count). The lowest BCUT2D eigenvalue weighted by molar-refractivity contribution is 0.0697. The van der Waals surface area contributed by atoms with E-state index in [1.165, 1.54) is 0 Å². The number of carboxylic acids is 1. The van der Waals surface area contributed by atoms with Crippen LogP contribution >= 0.6 is 15.9 Å². The van der Waals surface area contributed by atoms with E-state index < -0.39 is 5.97 Å². The molecule has 150 valence electrons. The fourth-order valence-corrected chi connectivity index (χ4v) is 3.43. The molecule has 0 saturated heterocycles. The van der Waals surface area contributed by atoms with Gasteiger partial charge in [0.15, 0.2) is 11.5 Å². The quantitative estimate of drug-likeness (QED) is 0.430. The van der Waals surface area contributed by atoms with Crippen LogP contribution in [0.5, 0.6) is 11.5 Å². The van der Waals surface area contributed by atoms with E-state index >= 15 is 0 Å². The van der Waals surface area contributed by atoms with E-state index in [9.17, 15) is 4.79 Å². The maximum atomic E-state index is 11.1. The van der Waals surface area contributed by atoms with Crippen molar-refractivity contribution in [2.24, 2.45) is 0 Å². The first-order chi connectivity index (χ1) is 14.1. The number of nitrogens with one attached hydrogen (secondary N) is 1. The first-order valence-electron chi connectivity index (χ1n) is 9.26. The molecule has 2 N–H and O–H groups in total. The molecule has 0 aliphatic heterocycles. The lowest BCUT2D eigenvalue weighted by Gasteiger charge is -2.16. The van der Waals surface area contributed by atoms with Crippen LogP contribution in [0.1, 0.15) is 28.4 Å². The zero-order chi connectivity index (χ0) is 20.6. The zero-order valence-corrected chi connectivity index (χ0v) is 17.6. The first-order valence-corrected chi connectivity index (χ1v) is 10.0. The molecular formula is C23H22BrNO4. The van der Waals surface area contributed by atoms with Gasteiger partial charge in [0.1, 0.15) is 6.61 Å². The van der Waals surface area contributed by atoms with Gasteiger partial charge < -0.3 is 19.9 Å². The maximum absolute atomic E-state index is 11.1. The van der Waals surface area contributed by atoms with Crippen molar-refractivity contribution < 1.29 is 19.4 Å². The van der Waals surface area contributed by atoms with Gasteiger partial charge >= 0.3 is 5.97 Å². The zero-order valence-electron chi connectivity index (χ0n) is 16.0. The van der Waals surface area contributed by atoms with Crippen molar-refractivity contribution in [1.29, 1.82) is 0 Å². The molecule has 0 fully saturated rings. The van der Waals surface area contributed by atoms with Gasteiger partial charge in [0.25, 0.3) is 0 Å². The summed E-state index contributed by atoms with van der Waals surface area (Å²) < 4.78 is 12.6. The molecule has 6 heteroatoms. The molecule has 0 aliphatic carbocycles. The monoisotopic (exact) mass is 455 g/mol. The summed E-state index contributed by atoms with van der Waals surface area (Å²) in [5.41, 5.74) is 3.04. The minimum Gasteiger partial charge on any atom is -0.490 e. The van der Waals surface area contributed by atoms with Crippen LogP contribution < -0.4 is 14.8 Å². The molecule has 3 aromatic rings. The van der Waals surface area contributed by atoms with Crippen LogP contribution in [0.15, 0.2) is 71.2 Å². The Hall–Kier alpha value is -2.99. The minimum atomic E-state index is -0.949. The second-order valence-corrected chi connectivity index (χ2v) is 7.21. The van der Waals surface area contributed by atoms with Crippen molar-refractivity contribution in [3.8, 4) is 11.5 Å². The summed E-state index contributed by atoms with van der Waals surface area (Å²) in [6.07, 6.45) is 0. The van der Waals surface area contributed by atoms with Gasteiger partial charge in [0, 0.05) is 12.2 Å². The minimum absolute atomic E-state index is 0.246. The molecule has 0 amide bonds. The molecule has 0 bridgehead atoms. The van der Waals surface area contributed by atoms with Crippen LogP contribution in [-0.4, -0.2) is 17.7 Å². The van der Waals surface area contributed by atoms with Crippen molar-refractivity contribution in [1.82, 2.24) is 0 Å². The highest BCUT2D eigenvalue weighted by molar-refractivity contribution is 9.10. The Bertz CT molecular complexity index is 976. The van der Waals surface area contributed by atoms with E-state index in [1.807, 2.05) is 55.5 Å². The number of hydrogen-bond acceptors (Lipinski definition) is 4. The molecule has 29 heavy (non-hydrogen) atoms. The Morgan fingerprint density at radius 1 is 1.00 bits per heavy atom. The Balaban J connectivity index is 1.74. The maximum Gasteiger partial charge on any atom is 0.335 e. The molecule has 0 atom stereocenters. The van der Waals surface area contributed by atoms with Gasteiger partial charge in [-0.25, -0.2) is 4.79 Å². The number of carbonyl (C=O) groups is 1. The molecule has 0 saturated carbocycles. The van der Waals surface area contributed by atoms with Crippen LogP contribution in [0.4, 0.5) is 5.69 Å². The third kappa shape index (κ3) is 5.74. The van der Waals surface area contributed by atoms with E-state index in [2.05, 4.69) is 21.2 Å². The average molecular weight is 456 g/mol. The summed E-state index contributed by atoms with van der Waals surface area (Å²) in [6, 6.07) is 20.6. The summed E-state index contributed by atoms with van der Waals surface area (Å²) in [7, 11) is 0. The van der Waals surface area contributed by atoms with E-state index in [-0.39, 0.29) is 5.56 Å². The summed E-state index contributed by atoms with van der Waals surface area (Å²) in [6.45, 7) is 3.41. The number of anilines is 1. The topological polar surface area (TPSA) is 67.8 Å². The molecule has 3 aromatic carbocycles. The predicted octanol–water partition coefficient (Wildman–Crippen LogP) is 5.74. The van der Waals surface area contributed by atoms with Crippen LogP contribution in [0.2, 0.25) is 0 Å². The Morgan fingerprint density at radius 3 is 2.52 bits per heavy atom. The molecule has 0 spiro atoms. The van der Waals surface area contributed by atoms with Gasteiger partial charge in [0.2, 0.25) is 0 Å². The summed E-state index contributed by atoms with van der Waals surface area (Å²) in [4.78, 5) is 11.1. The van der Waals surface area contributed by atoms with Gasteiger partial charge in [-0.3, -0.25) is 0 Å². The Labute approximate surface area is 178 Å². The lowest BCUT2D eigenvalue weighted by atomic mass is 10.1. The molecule has 5 nitrogen and oxygen atoms in total. The molecule has 0 aromatic heterocycles. The van der Waals surface area contributed by atoms with Crippen LogP contribution in [-0.2, 0) is 13.2 Å². The van der Waals surface area contributed by atoms with Crippen molar-refractivity contribution >= 4 is 27.6 Å². The third-order valence-corrected chi connectivity index (χ3v) is 4.79. The highest BCUT2D eigenvalue weighted by atomic mass is 79.9. The fraction of sp³-hybridized carbons (Fsp3) is 0.174. The summed E-state index contributed by atoms with van der Waals surface area (Å²) in [5, 5.41) is 12.4. The van der Waals surface area contributed by atoms with Crippen LogP contribution in [0.25, 0.3) is 0 Å². The number of ether oxygens (including phenoxy) is 2. The largest absolute Gasteiger partial charge is 0.490 e. The van der Waals surface area contributed by atoms with E-state index in [0.717, 1.165) is 21.3 Å². The Morgan fingerprint density at radius 2 is 1.79 bits per heavy atom. The Kier molecular flexibility index (Phi) is 7.14. The van der Waals surface area contributed by atoms with Crippen molar-refractivity contribution in [2.75, 3.05) is 11.9 Å². The molecule has 0 heterocycles. The number of halogens is 1. The van der Waals surface area contributed by atoms with Crippen LogP contribution in [0.3, 0.4) is 0 Å². The van der Waals surface area contributed by atoms with Gasteiger partial charge in [-0.2, -0.15) is 0 Å². The third-order valence-electron chi connectivity index (χ3n) is 4.20. The highest BCUT2D eigenvalue weighted by Gasteiger charge is 2.13. The van der Waals surface area contributed by atoms with Gasteiger partial charge in [0.05, 0.1) is 16.6 Å². The molecular weight excluding hydrogens is 434 g/mol. The first kappa shape index (κ1) is 20.7. The average Bonchev–Trinajstić information content (AvgIpc) is 2.73. The number of rotatable bonds is 9. The molecule has 0 unspecified atom stereocenters. The van der Waals surface area contributed by atoms with E-state index in [0.29, 0.717) is 31.3 Å². The van der Waals surface area contributed by atoms with Gasteiger partial charge in [-0.05, 0) is 64.3 Å². The molecule has 0 radical (unpaired) electrons. The second kappa shape index (κ2) is 9.98. The lowest BCUT2D eigenvalue weighted by Crippen LogP contribution is -2.04. The van der Waals surface area contributed by atoms with E-state index in [4.69, 9.17) is 14.6 Å². The van der Waals surface area contributed by atoms with E-state index in [1.54, 1.807) is 18.2 Å². The highest BCUT2D eigenvalue weighted by Crippen LogP contribution is 2.37. The summed E-state index contributed by atoms with van der Waals surface area (Å²) in [5.74, 6) is 0.371. The SMILES string of the molecule is CCOc1cc(CNc2cccc(C(=O)O)c2)cc(Br)c1OCc1ccccc1. The normalized spacial score (nSPS) is 10.4. The van der Waals surface area contributed by atoms with Crippen molar-refractivity contribution in [2.45, 2.75) is 20.1 Å². The number of benzene rings is 3. The second-order valence-electron chi connectivity index (χ2n) is 6.35. The van der Waals surface area contributed by atoms with Gasteiger partial charge in [-0.15, -0.1) is 0 Å². The predicted molar refractivity (Wildman–Crippen MR) is 117 cm³/mol. The van der Waals surface area contributed by atoms with Crippen molar-refractivity contribution in [3.63, 3.8) is 0 Å². The standard InChI is InChI=1S/C23H22BrNO4/c1-2-28-21-12-17(14-25-19-10-6-9-18(13-19)23(26)27)11-20(24)22(21)29-15-16-7-4-3-5-8-16/h3-13,25H,2,14-15H2,1H3,(H,26,27). The number of hydrogen-bond donors (Lipinski definition) is 2. The fourth-order valence-electron chi connectivity index (χ4n) is 2.82. The van der Waals surface area contributed by atoms with Crippen molar-refractivity contribution in [3.05, 3.63) is 87.9 Å².